The standard InChI is InChI=1S/C24H35N2O4PS/c1-4-6-12-24(5-2)16-32(29)22-13-19(15-25-17-31(27)28)21(30-3)14-20(22)23(26-24)18-10-8-7-9-11-18/h7-11,13-14,23,25-26,31H,4-6,12,15-17H2,1-3H3,(H,27,28)/t23-,24-,32?/m1/s1. The number of rotatable bonds is 10. The molecule has 0 aliphatic carbocycles. The first-order valence-electron chi connectivity index (χ1n) is 11.3. The Morgan fingerprint density at radius 3 is 2.69 bits per heavy atom. The van der Waals surface area contributed by atoms with Crippen LogP contribution >= 0.6 is 8.03 Å². The maximum absolute atomic E-state index is 13.7. The van der Waals surface area contributed by atoms with Crippen molar-refractivity contribution in [3.05, 3.63) is 59.2 Å². The van der Waals surface area contributed by atoms with E-state index in [0.29, 0.717) is 18.0 Å². The number of methoxy groups -OCH3 is 1. The van der Waals surface area contributed by atoms with E-state index in [0.717, 1.165) is 47.3 Å². The molecule has 8 heteroatoms. The summed E-state index contributed by atoms with van der Waals surface area (Å²) in [5.41, 5.74) is 2.72. The number of benzene rings is 2. The molecule has 0 spiro atoms. The summed E-state index contributed by atoms with van der Waals surface area (Å²) in [6.45, 7) is 4.74. The van der Waals surface area contributed by atoms with Crippen molar-refractivity contribution in [3.63, 3.8) is 0 Å². The van der Waals surface area contributed by atoms with Gasteiger partial charge in [-0.2, -0.15) is 0 Å². The number of ether oxygens (including phenoxy) is 1. The fourth-order valence-corrected chi connectivity index (χ4v) is 6.52. The van der Waals surface area contributed by atoms with Gasteiger partial charge in [0.15, 0.2) is 4.90 Å². The predicted octanol–water partition coefficient (Wildman–Crippen LogP) is 4.35. The average Bonchev–Trinajstić information content (AvgIpc) is 2.92. The second-order valence-electron chi connectivity index (χ2n) is 8.41. The van der Waals surface area contributed by atoms with Crippen LogP contribution in [0.3, 0.4) is 0 Å². The maximum Gasteiger partial charge on any atom is 0.202 e. The van der Waals surface area contributed by atoms with Gasteiger partial charge in [-0.1, -0.05) is 57.0 Å². The molecule has 2 unspecified atom stereocenters. The van der Waals surface area contributed by atoms with Crippen LogP contribution in [-0.2, 0) is 22.3 Å². The molecule has 0 amide bonds. The second-order valence-corrected chi connectivity index (χ2v) is 11.0. The van der Waals surface area contributed by atoms with Gasteiger partial charge in [0.05, 0.1) is 25.0 Å². The van der Waals surface area contributed by atoms with E-state index in [-0.39, 0.29) is 17.9 Å². The summed E-state index contributed by atoms with van der Waals surface area (Å²) >= 11 is -1.19. The van der Waals surface area contributed by atoms with E-state index >= 15 is 0 Å². The zero-order valence-corrected chi connectivity index (χ0v) is 21.0. The van der Waals surface area contributed by atoms with Crippen LogP contribution in [0.5, 0.6) is 5.75 Å². The highest BCUT2D eigenvalue weighted by atomic mass is 32.2. The predicted molar refractivity (Wildman–Crippen MR) is 131 cm³/mol. The lowest BCUT2D eigenvalue weighted by atomic mass is 9.88. The van der Waals surface area contributed by atoms with Crippen molar-refractivity contribution < 1.29 is 18.7 Å². The molecular weight excluding hydrogens is 443 g/mol. The van der Waals surface area contributed by atoms with Crippen LogP contribution in [0, 0.1) is 0 Å². The largest absolute Gasteiger partial charge is 0.611 e. The molecule has 2 aromatic carbocycles. The summed E-state index contributed by atoms with van der Waals surface area (Å²) in [7, 11) is -0.979. The zero-order valence-electron chi connectivity index (χ0n) is 19.1. The highest BCUT2D eigenvalue weighted by molar-refractivity contribution is 7.91. The minimum atomic E-state index is -2.60. The summed E-state index contributed by atoms with van der Waals surface area (Å²) < 4.78 is 30.5. The molecule has 0 bridgehead atoms. The van der Waals surface area contributed by atoms with Crippen molar-refractivity contribution in [2.24, 2.45) is 0 Å². The number of fused-ring (bicyclic) bond motifs is 1. The van der Waals surface area contributed by atoms with Gasteiger partial charge in [-0.3, -0.25) is 9.88 Å². The molecule has 0 radical (unpaired) electrons. The molecule has 3 rings (SSSR count). The molecule has 3 N–H and O–H groups in total. The van der Waals surface area contributed by atoms with E-state index < -0.39 is 19.2 Å². The summed E-state index contributed by atoms with van der Waals surface area (Å²) in [4.78, 5) is 9.95. The lowest BCUT2D eigenvalue weighted by molar-refractivity contribution is 0.294. The summed E-state index contributed by atoms with van der Waals surface area (Å²) in [6.07, 6.45) is 4.08. The van der Waals surface area contributed by atoms with Gasteiger partial charge in [-0.05, 0) is 35.6 Å². The Morgan fingerprint density at radius 2 is 2.06 bits per heavy atom. The third kappa shape index (κ3) is 5.96. The smallest absolute Gasteiger partial charge is 0.202 e. The first-order valence-corrected chi connectivity index (χ1v) is 14.2. The van der Waals surface area contributed by atoms with Crippen molar-refractivity contribution in [2.45, 2.75) is 62.6 Å². The van der Waals surface area contributed by atoms with E-state index in [9.17, 15) is 9.12 Å². The molecule has 0 fully saturated rings. The number of nitrogens with one attached hydrogen (secondary N) is 2. The van der Waals surface area contributed by atoms with Gasteiger partial charge in [-0.25, -0.2) is 0 Å². The molecule has 0 saturated carbocycles. The topological polar surface area (TPSA) is 93.7 Å². The van der Waals surface area contributed by atoms with Gasteiger partial charge in [0.2, 0.25) is 8.03 Å². The van der Waals surface area contributed by atoms with E-state index in [2.05, 4.69) is 36.6 Å². The van der Waals surface area contributed by atoms with Crippen molar-refractivity contribution in [1.29, 1.82) is 0 Å². The second kappa shape index (κ2) is 11.7. The lowest BCUT2D eigenvalue weighted by Gasteiger charge is -2.35. The van der Waals surface area contributed by atoms with Crippen LogP contribution in [0.2, 0.25) is 0 Å². The van der Waals surface area contributed by atoms with Gasteiger partial charge >= 0.3 is 0 Å². The van der Waals surface area contributed by atoms with E-state index in [1.807, 2.05) is 30.3 Å². The van der Waals surface area contributed by atoms with Crippen LogP contribution in [-0.4, -0.2) is 34.1 Å². The van der Waals surface area contributed by atoms with Crippen LogP contribution in [0.15, 0.2) is 47.4 Å². The van der Waals surface area contributed by atoms with Crippen LogP contribution in [0.25, 0.3) is 0 Å². The Bertz CT molecular complexity index is 914. The third-order valence-electron chi connectivity index (χ3n) is 6.24. The van der Waals surface area contributed by atoms with E-state index in [1.165, 1.54) is 0 Å². The van der Waals surface area contributed by atoms with Gasteiger partial charge < -0.3 is 19.5 Å². The fraction of sp³-hybridized carbons (Fsp3) is 0.500. The SMILES string of the molecule is CCCC[C@]1(CC)C[S+]([O-])c2cc(CNC[PH](=O)O)c(OC)cc2[C@@H](c2ccccc2)N1. The Morgan fingerprint density at radius 1 is 1.31 bits per heavy atom. The highest BCUT2D eigenvalue weighted by Crippen LogP contribution is 2.40. The van der Waals surface area contributed by atoms with Gasteiger partial charge in [0.1, 0.15) is 11.5 Å². The molecule has 32 heavy (non-hydrogen) atoms. The minimum absolute atomic E-state index is 0.0398. The summed E-state index contributed by atoms with van der Waals surface area (Å²) in [5, 5.41) is 6.91. The highest BCUT2D eigenvalue weighted by Gasteiger charge is 2.42. The molecule has 1 aliphatic rings. The van der Waals surface area contributed by atoms with Crippen LogP contribution in [0.1, 0.15) is 62.3 Å². The molecular formula is C24H35N2O4PS. The lowest BCUT2D eigenvalue weighted by Crippen LogP contribution is -2.50. The van der Waals surface area contributed by atoms with Crippen LogP contribution < -0.4 is 15.4 Å². The number of hydrogen-bond acceptors (Lipinski definition) is 5. The molecule has 4 atom stereocenters. The molecule has 6 nitrogen and oxygen atoms in total. The first-order chi connectivity index (χ1) is 15.4. The van der Waals surface area contributed by atoms with Crippen molar-refractivity contribution in [1.82, 2.24) is 10.6 Å². The van der Waals surface area contributed by atoms with Crippen molar-refractivity contribution >= 4 is 19.2 Å². The van der Waals surface area contributed by atoms with Crippen molar-refractivity contribution in [2.75, 3.05) is 19.1 Å². The molecule has 1 heterocycles. The Labute approximate surface area is 195 Å². The fourth-order valence-electron chi connectivity index (χ4n) is 4.38. The minimum Gasteiger partial charge on any atom is -0.611 e. The van der Waals surface area contributed by atoms with Crippen LogP contribution in [0.4, 0.5) is 0 Å². The Kier molecular flexibility index (Phi) is 9.23. The van der Waals surface area contributed by atoms with Crippen molar-refractivity contribution in [3.8, 4) is 5.75 Å². The molecule has 0 saturated heterocycles. The quantitative estimate of drug-likeness (QED) is 0.347. The third-order valence-corrected chi connectivity index (χ3v) is 8.45. The summed E-state index contributed by atoms with van der Waals surface area (Å²) in [5.74, 6) is 1.25. The normalized spacial score (nSPS) is 23.9. The summed E-state index contributed by atoms with van der Waals surface area (Å²) in [6, 6.07) is 14.1. The molecule has 1 aliphatic heterocycles. The average molecular weight is 479 g/mol. The monoisotopic (exact) mass is 478 g/mol. The Hall–Kier alpha value is -1.34. The number of hydrogen-bond donors (Lipinski definition) is 3. The van der Waals surface area contributed by atoms with E-state index in [1.54, 1.807) is 7.11 Å². The maximum atomic E-state index is 13.7. The Balaban J connectivity index is 2.09. The molecule has 176 valence electrons. The molecule has 2 aromatic rings. The van der Waals surface area contributed by atoms with E-state index in [4.69, 9.17) is 9.63 Å². The van der Waals surface area contributed by atoms with Gasteiger partial charge in [-0.15, -0.1) is 0 Å². The number of unbranched alkanes of at least 4 members (excludes halogenated alkanes) is 1. The molecule has 0 aromatic heterocycles. The zero-order chi connectivity index (χ0) is 23.1. The van der Waals surface area contributed by atoms with Gasteiger partial charge in [0.25, 0.3) is 0 Å². The van der Waals surface area contributed by atoms with Gasteiger partial charge in [0, 0.05) is 23.7 Å². The first kappa shape index (κ1) is 25.3.